The minimum atomic E-state index is 0.541. The van der Waals surface area contributed by atoms with Gasteiger partial charge in [0, 0.05) is 7.05 Å². The Balaban J connectivity index is 2.92. The van der Waals surface area contributed by atoms with Gasteiger partial charge < -0.3 is 0 Å². The molecule has 0 saturated carbocycles. The van der Waals surface area contributed by atoms with E-state index in [2.05, 4.69) is 21.4 Å². The average Bonchev–Trinajstić information content (AvgIpc) is 1.82. The minimum absolute atomic E-state index is 0.541. The normalized spacial score (nSPS) is 18.8. The van der Waals surface area contributed by atoms with Crippen molar-refractivity contribution >= 4 is 39.1 Å². The lowest BCUT2D eigenvalue weighted by Crippen LogP contribution is -2.32. The summed E-state index contributed by atoms with van der Waals surface area (Å²) < 4.78 is 0.778. The van der Waals surface area contributed by atoms with Gasteiger partial charge in [0.2, 0.25) is 0 Å². The zero-order chi connectivity index (χ0) is 7.72. The number of hydrogen-bond acceptors (Lipinski definition) is 2. The van der Waals surface area contributed by atoms with Crippen molar-refractivity contribution in [1.82, 2.24) is 10.4 Å². The molecular formula is C5H5BrCl2N2. The fraction of sp³-hybridized carbons (Fsp3) is 0.200. The summed E-state index contributed by atoms with van der Waals surface area (Å²) in [5, 5.41) is 2.75. The summed E-state index contributed by atoms with van der Waals surface area (Å²) in [7, 11) is 1.78. The Morgan fingerprint density at radius 3 is 2.70 bits per heavy atom. The Labute approximate surface area is 77.6 Å². The van der Waals surface area contributed by atoms with Gasteiger partial charge in [-0.3, -0.25) is 10.4 Å². The molecule has 10 heavy (non-hydrogen) atoms. The quantitative estimate of drug-likeness (QED) is 0.657. The molecule has 5 heteroatoms. The van der Waals surface area contributed by atoms with E-state index in [1.807, 2.05) is 0 Å². The van der Waals surface area contributed by atoms with Gasteiger partial charge in [0.05, 0.1) is 4.48 Å². The standard InChI is InChI=1S/C5H5BrCl2N2/c1-10-5(8)3(6)2-4(7)9-10/h2,9H,1H3. The van der Waals surface area contributed by atoms with Gasteiger partial charge >= 0.3 is 0 Å². The van der Waals surface area contributed by atoms with Crippen molar-refractivity contribution in [2.75, 3.05) is 7.05 Å². The summed E-state index contributed by atoms with van der Waals surface area (Å²) >= 11 is 14.7. The topological polar surface area (TPSA) is 15.3 Å². The first-order valence-electron chi connectivity index (χ1n) is 2.54. The minimum Gasteiger partial charge on any atom is -0.287 e. The molecule has 0 aliphatic carbocycles. The molecule has 0 unspecified atom stereocenters. The molecule has 1 rings (SSSR count). The van der Waals surface area contributed by atoms with Gasteiger partial charge in [0.1, 0.15) is 10.3 Å². The molecule has 0 aromatic carbocycles. The van der Waals surface area contributed by atoms with Crippen molar-refractivity contribution < 1.29 is 0 Å². The summed E-state index contributed by atoms with van der Waals surface area (Å²) in [4.78, 5) is 0. The van der Waals surface area contributed by atoms with E-state index in [0.717, 1.165) is 4.48 Å². The zero-order valence-electron chi connectivity index (χ0n) is 5.16. The fourth-order valence-corrected chi connectivity index (χ4v) is 1.53. The predicted molar refractivity (Wildman–Crippen MR) is 46.6 cm³/mol. The number of allylic oxidation sites excluding steroid dienone is 2. The highest BCUT2D eigenvalue weighted by atomic mass is 79.9. The maximum absolute atomic E-state index is 5.78. The highest BCUT2D eigenvalue weighted by Crippen LogP contribution is 2.24. The van der Waals surface area contributed by atoms with Gasteiger partial charge in [0.15, 0.2) is 0 Å². The van der Waals surface area contributed by atoms with Gasteiger partial charge in [-0.05, 0) is 22.0 Å². The SMILES string of the molecule is CN1NC(Cl)=CC(Br)=C1Cl. The van der Waals surface area contributed by atoms with Crippen LogP contribution in [0.5, 0.6) is 0 Å². The predicted octanol–water partition coefficient (Wildman–Crippen LogP) is 2.32. The van der Waals surface area contributed by atoms with Crippen LogP contribution in [0.15, 0.2) is 20.9 Å². The number of hydrazine groups is 1. The van der Waals surface area contributed by atoms with E-state index in [0.29, 0.717) is 10.3 Å². The second-order valence-electron chi connectivity index (χ2n) is 1.80. The van der Waals surface area contributed by atoms with E-state index < -0.39 is 0 Å². The third-order valence-electron chi connectivity index (χ3n) is 1.02. The third kappa shape index (κ3) is 1.59. The highest BCUT2D eigenvalue weighted by Gasteiger charge is 2.11. The second kappa shape index (κ2) is 3.03. The van der Waals surface area contributed by atoms with Crippen molar-refractivity contribution in [3.05, 3.63) is 20.9 Å². The van der Waals surface area contributed by atoms with Gasteiger partial charge in [-0.15, -0.1) is 0 Å². The first-order chi connectivity index (χ1) is 4.61. The van der Waals surface area contributed by atoms with Crippen LogP contribution in [0.2, 0.25) is 0 Å². The molecular weight excluding hydrogens is 239 g/mol. The molecule has 0 aromatic heterocycles. The number of nitrogens with zero attached hydrogens (tertiary/aromatic N) is 1. The molecule has 1 aliphatic heterocycles. The molecule has 1 aliphatic rings. The summed E-state index contributed by atoms with van der Waals surface area (Å²) in [6, 6.07) is 0. The Morgan fingerprint density at radius 1 is 1.60 bits per heavy atom. The Hall–Kier alpha value is 0.140. The van der Waals surface area contributed by atoms with Crippen molar-refractivity contribution in [3.63, 3.8) is 0 Å². The maximum Gasteiger partial charge on any atom is 0.137 e. The largest absolute Gasteiger partial charge is 0.287 e. The van der Waals surface area contributed by atoms with Crippen LogP contribution >= 0.6 is 39.1 Å². The van der Waals surface area contributed by atoms with Gasteiger partial charge in [-0.25, -0.2) is 0 Å². The first kappa shape index (κ1) is 8.24. The van der Waals surface area contributed by atoms with E-state index in [-0.39, 0.29) is 0 Å². The van der Waals surface area contributed by atoms with Crippen LogP contribution in [-0.4, -0.2) is 12.1 Å². The van der Waals surface area contributed by atoms with Crippen LogP contribution in [-0.2, 0) is 0 Å². The Morgan fingerprint density at radius 2 is 2.20 bits per heavy atom. The molecule has 2 nitrogen and oxygen atoms in total. The molecule has 0 saturated heterocycles. The van der Waals surface area contributed by atoms with E-state index in [1.165, 1.54) is 0 Å². The van der Waals surface area contributed by atoms with Gasteiger partial charge in [-0.1, -0.05) is 23.2 Å². The lowest BCUT2D eigenvalue weighted by Gasteiger charge is -2.23. The molecule has 0 radical (unpaired) electrons. The average molecular weight is 244 g/mol. The molecule has 1 N–H and O–H groups in total. The summed E-state index contributed by atoms with van der Waals surface area (Å²) in [6.07, 6.45) is 1.70. The molecule has 0 atom stereocenters. The molecule has 1 heterocycles. The molecule has 0 amide bonds. The van der Waals surface area contributed by atoms with Crippen LogP contribution in [0.25, 0.3) is 0 Å². The second-order valence-corrected chi connectivity index (χ2v) is 3.42. The molecule has 0 fully saturated rings. The summed E-state index contributed by atoms with van der Waals surface area (Å²) in [6.45, 7) is 0. The number of hydrogen-bond donors (Lipinski definition) is 1. The monoisotopic (exact) mass is 242 g/mol. The third-order valence-corrected chi connectivity index (χ3v) is 2.50. The van der Waals surface area contributed by atoms with Crippen molar-refractivity contribution in [2.24, 2.45) is 0 Å². The van der Waals surface area contributed by atoms with E-state index >= 15 is 0 Å². The number of nitrogens with one attached hydrogen (secondary N) is 1. The smallest absolute Gasteiger partial charge is 0.137 e. The summed E-state index contributed by atoms with van der Waals surface area (Å²) in [5.74, 6) is 0. The zero-order valence-corrected chi connectivity index (χ0v) is 8.26. The summed E-state index contributed by atoms with van der Waals surface area (Å²) in [5.41, 5.74) is 2.80. The van der Waals surface area contributed by atoms with Crippen LogP contribution in [0.1, 0.15) is 0 Å². The van der Waals surface area contributed by atoms with Crippen molar-refractivity contribution in [1.29, 1.82) is 0 Å². The Bertz CT molecular complexity index is 212. The van der Waals surface area contributed by atoms with E-state index in [4.69, 9.17) is 23.2 Å². The van der Waals surface area contributed by atoms with Crippen LogP contribution in [0.3, 0.4) is 0 Å². The van der Waals surface area contributed by atoms with Crippen LogP contribution in [0.4, 0.5) is 0 Å². The first-order valence-corrected chi connectivity index (χ1v) is 4.09. The molecule has 0 aromatic rings. The molecule has 56 valence electrons. The van der Waals surface area contributed by atoms with E-state index in [1.54, 1.807) is 18.1 Å². The highest BCUT2D eigenvalue weighted by molar-refractivity contribution is 9.12. The fourth-order valence-electron chi connectivity index (χ4n) is 0.573. The molecule has 0 spiro atoms. The van der Waals surface area contributed by atoms with Crippen molar-refractivity contribution in [3.8, 4) is 0 Å². The van der Waals surface area contributed by atoms with Crippen LogP contribution < -0.4 is 5.43 Å². The lowest BCUT2D eigenvalue weighted by molar-refractivity contribution is 0.363. The van der Waals surface area contributed by atoms with Gasteiger partial charge in [-0.2, -0.15) is 0 Å². The van der Waals surface area contributed by atoms with Crippen LogP contribution in [0, 0.1) is 0 Å². The number of halogens is 3. The maximum atomic E-state index is 5.78. The number of rotatable bonds is 0. The van der Waals surface area contributed by atoms with E-state index in [9.17, 15) is 0 Å². The van der Waals surface area contributed by atoms with Gasteiger partial charge in [0.25, 0.3) is 0 Å². The Kier molecular flexibility index (Phi) is 2.50. The molecule has 0 bridgehead atoms. The lowest BCUT2D eigenvalue weighted by atomic mass is 10.5. The van der Waals surface area contributed by atoms with Crippen molar-refractivity contribution in [2.45, 2.75) is 0 Å².